The van der Waals surface area contributed by atoms with Crippen molar-refractivity contribution in [2.24, 2.45) is 5.92 Å². The fourth-order valence-corrected chi connectivity index (χ4v) is 2.29. The Balaban J connectivity index is 2.32. The molecule has 1 aliphatic carbocycles. The number of hydrogen-bond acceptors (Lipinski definition) is 3. The van der Waals surface area contributed by atoms with Gasteiger partial charge in [0, 0.05) is 23.8 Å². The number of pyridine rings is 1. The Morgan fingerprint density at radius 3 is 2.82 bits per heavy atom. The molecule has 1 aromatic rings. The molecule has 92 valence electrons. The van der Waals surface area contributed by atoms with E-state index < -0.39 is 5.97 Å². The summed E-state index contributed by atoms with van der Waals surface area (Å²) in [4.78, 5) is 17.4. The molecule has 1 unspecified atom stereocenters. The van der Waals surface area contributed by atoms with E-state index in [1.165, 1.54) is 12.8 Å². The second-order valence-corrected chi connectivity index (χ2v) is 5.43. The van der Waals surface area contributed by atoms with Gasteiger partial charge in [-0.15, -0.1) is 0 Å². The highest BCUT2D eigenvalue weighted by molar-refractivity contribution is 9.10. The summed E-state index contributed by atoms with van der Waals surface area (Å²) in [5, 5.41) is 9.19. The lowest BCUT2D eigenvalue weighted by Crippen LogP contribution is -2.32. The molecule has 1 fully saturated rings. The molecule has 1 N–H and O–H groups in total. The first kappa shape index (κ1) is 12.4. The molecule has 0 bridgehead atoms. The molecular formula is C12H15BrN2O2. The topological polar surface area (TPSA) is 53.4 Å². The van der Waals surface area contributed by atoms with E-state index in [1.54, 1.807) is 12.3 Å². The van der Waals surface area contributed by atoms with Crippen LogP contribution in [-0.2, 0) is 0 Å². The maximum Gasteiger partial charge on any atom is 0.339 e. The molecule has 0 saturated heterocycles. The number of carboxylic acid groups (broad SMARTS) is 1. The van der Waals surface area contributed by atoms with Crippen molar-refractivity contribution in [2.75, 3.05) is 11.9 Å². The number of aromatic nitrogens is 1. The minimum absolute atomic E-state index is 0.245. The maximum absolute atomic E-state index is 11.2. The highest BCUT2D eigenvalue weighted by Crippen LogP contribution is 2.36. The van der Waals surface area contributed by atoms with Crippen LogP contribution >= 0.6 is 15.9 Å². The van der Waals surface area contributed by atoms with Gasteiger partial charge in [-0.25, -0.2) is 9.78 Å². The summed E-state index contributed by atoms with van der Waals surface area (Å²) in [6.45, 7) is 2.12. The third kappa shape index (κ3) is 2.60. The van der Waals surface area contributed by atoms with Gasteiger partial charge in [0.25, 0.3) is 0 Å². The monoisotopic (exact) mass is 298 g/mol. The Morgan fingerprint density at radius 1 is 1.65 bits per heavy atom. The van der Waals surface area contributed by atoms with Crippen LogP contribution in [0.1, 0.15) is 30.1 Å². The summed E-state index contributed by atoms with van der Waals surface area (Å²) in [6.07, 6.45) is 4.09. The fraction of sp³-hybridized carbons (Fsp3) is 0.500. The zero-order valence-corrected chi connectivity index (χ0v) is 11.4. The molecule has 1 aliphatic rings. The van der Waals surface area contributed by atoms with Crippen LogP contribution in [0.25, 0.3) is 0 Å². The lowest BCUT2D eigenvalue weighted by atomic mass is 10.1. The van der Waals surface area contributed by atoms with Crippen molar-refractivity contribution in [2.45, 2.75) is 25.8 Å². The molecule has 1 saturated carbocycles. The van der Waals surface area contributed by atoms with E-state index in [0.29, 0.717) is 22.3 Å². The van der Waals surface area contributed by atoms with Crippen molar-refractivity contribution < 1.29 is 9.90 Å². The predicted octanol–water partition coefficient (Wildman–Crippen LogP) is 2.78. The lowest BCUT2D eigenvalue weighted by Gasteiger charge is -2.27. The van der Waals surface area contributed by atoms with E-state index in [4.69, 9.17) is 0 Å². The van der Waals surface area contributed by atoms with Crippen LogP contribution in [0.4, 0.5) is 5.82 Å². The van der Waals surface area contributed by atoms with Crippen molar-refractivity contribution in [3.05, 3.63) is 22.3 Å². The zero-order chi connectivity index (χ0) is 12.6. The van der Waals surface area contributed by atoms with E-state index in [1.807, 2.05) is 11.9 Å². The third-order valence-electron chi connectivity index (χ3n) is 3.31. The summed E-state index contributed by atoms with van der Waals surface area (Å²) in [7, 11) is 1.91. The summed E-state index contributed by atoms with van der Waals surface area (Å²) in [5.41, 5.74) is 0.245. The standard InChI is InChI=1S/C12H15BrN2O2/c1-7(8-3-4-8)15(2)11-10(12(16)17)5-9(13)6-14-11/h5-8H,3-4H2,1-2H3,(H,16,17). The van der Waals surface area contributed by atoms with Crippen molar-refractivity contribution >= 4 is 27.7 Å². The minimum atomic E-state index is -0.941. The highest BCUT2D eigenvalue weighted by atomic mass is 79.9. The van der Waals surface area contributed by atoms with Gasteiger partial charge in [-0.1, -0.05) is 0 Å². The SMILES string of the molecule is CC(C1CC1)N(C)c1ncc(Br)cc1C(=O)O. The van der Waals surface area contributed by atoms with Crippen LogP contribution < -0.4 is 4.90 Å². The Bertz CT molecular complexity index is 446. The van der Waals surface area contributed by atoms with E-state index in [2.05, 4.69) is 27.8 Å². The number of hydrogen-bond donors (Lipinski definition) is 1. The second kappa shape index (κ2) is 4.64. The van der Waals surface area contributed by atoms with E-state index in [-0.39, 0.29) is 5.56 Å². The molecule has 1 heterocycles. The van der Waals surface area contributed by atoms with Crippen LogP contribution in [0.5, 0.6) is 0 Å². The molecule has 1 atom stereocenters. The Labute approximate surface area is 109 Å². The van der Waals surface area contributed by atoms with Crippen LogP contribution in [0.15, 0.2) is 16.7 Å². The van der Waals surface area contributed by atoms with Gasteiger partial charge in [-0.2, -0.15) is 0 Å². The number of anilines is 1. The molecule has 2 rings (SSSR count). The summed E-state index contributed by atoms with van der Waals surface area (Å²) in [5.74, 6) is 0.274. The molecule has 5 heteroatoms. The molecule has 17 heavy (non-hydrogen) atoms. The molecule has 0 spiro atoms. The van der Waals surface area contributed by atoms with Gasteiger partial charge in [0.1, 0.15) is 11.4 Å². The number of rotatable bonds is 4. The van der Waals surface area contributed by atoms with Gasteiger partial charge in [0.05, 0.1) is 0 Å². The fourth-order valence-electron chi connectivity index (χ4n) is 1.96. The Morgan fingerprint density at radius 2 is 2.29 bits per heavy atom. The molecule has 0 aromatic carbocycles. The zero-order valence-electron chi connectivity index (χ0n) is 9.85. The number of nitrogens with zero attached hydrogens (tertiary/aromatic N) is 2. The average Bonchev–Trinajstić information content (AvgIpc) is 3.10. The van der Waals surface area contributed by atoms with Gasteiger partial charge in [0.15, 0.2) is 0 Å². The number of carbonyl (C=O) groups is 1. The molecule has 4 nitrogen and oxygen atoms in total. The summed E-state index contributed by atoms with van der Waals surface area (Å²) >= 11 is 3.25. The van der Waals surface area contributed by atoms with Crippen molar-refractivity contribution in [3.63, 3.8) is 0 Å². The van der Waals surface area contributed by atoms with Crippen LogP contribution in [0.3, 0.4) is 0 Å². The molecule has 0 radical (unpaired) electrons. The van der Waals surface area contributed by atoms with Crippen molar-refractivity contribution in [1.82, 2.24) is 4.98 Å². The number of carboxylic acids is 1. The smallest absolute Gasteiger partial charge is 0.339 e. The Kier molecular flexibility index (Phi) is 3.38. The summed E-state index contributed by atoms with van der Waals surface area (Å²) < 4.78 is 0.686. The lowest BCUT2D eigenvalue weighted by molar-refractivity contribution is 0.0697. The van der Waals surface area contributed by atoms with Gasteiger partial charge >= 0.3 is 5.97 Å². The normalized spacial score (nSPS) is 16.6. The number of halogens is 1. The van der Waals surface area contributed by atoms with Gasteiger partial charge in [-0.05, 0) is 47.7 Å². The van der Waals surface area contributed by atoms with Gasteiger partial charge in [-0.3, -0.25) is 0 Å². The highest BCUT2D eigenvalue weighted by Gasteiger charge is 2.32. The average molecular weight is 299 g/mol. The molecule has 1 aromatic heterocycles. The molecular weight excluding hydrogens is 284 g/mol. The first-order valence-corrected chi connectivity index (χ1v) is 6.41. The third-order valence-corrected chi connectivity index (χ3v) is 3.75. The van der Waals surface area contributed by atoms with Crippen molar-refractivity contribution in [1.29, 1.82) is 0 Å². The predicted molar refractivity (Wildman–Crippen MR) is 69.5 cm³/mol. The van der Waals surface area contributed by atoms with E-state index >= 15 is 0 Å². The quantitative estimate of drug-likeness (QED) is 0.929. The van der Waals surface area contributed by atoms with E-state index in [0.717, 1.165) is 0 Å². The summed E-state index contributed by atoms with van der Waals surface area (Å²) in [6, 6.07) is 1.93. The van der Waals surface area contributed by atoms with Gasteiger partial charge < -0.3 is 10.0 Å². The number of aromatic carboxylic acids is 1. The largest absolute Gasteiger partial charge is 0.478 e. The van der Waals surface area contributed by atoms with Crippen LogP contribution in [0.2, 0.25) is 0 Å². The Hall–Kier alpha value is -1.10. The maximum atomic E-state index is 11.2. The van der Waals surface area contributed by atoms with Crippen LogP contribution in [-0.4, -0.2) is 29.1 Å². The molecule has 0 aliphatic heterocycles. The first-order chi connectivity index (χ1) is 8.00. The van der Waals surface area contributed by atoms with Crippen molar-refractivity contribution in [3.8, 4) is 0 Å². The first-order valence-electron chi connectivity index (χ1n) is 5.62. The minimum Gasteiger partial charge on any atom is -0.478 e. The second-order valence-electron chi connectivity index (χ2n) is 4.52. The van der Waals surface area contributed by atoms with Crippen LogP contribution in [0, 0.1) is 5.92 Å². The van der Waals surface area contributed by atoms with E-state index in [9.17, 15) is 9.90 Å². The molecule has 0 amide bonds. The van der Waals surface area contributed by atoms with Gasteiger partial charge in [0.2, 0.25) is 0 Å².